The van der Waals surface area contributed by atoms with Crippen LogP contribution in [0.2, 0.25) is 0 Å². The summed E-state index contributed by atoms with van der Waals surface area (Å²) >= 11 is 0. The number of hydrogen-bond acceptors (Lipinski definition) is 11. The van der Waals surface area contributed by atoms with Crippen molar-refractivity contribution in [3.8, 4) is 6.07 Å². The molecular formula is C28H38N6O6. The SMILES string of the molecule is C=C(C)Nc1ncnn2c([C@]3(C#N)O[C@H](COC(=O)CC4CCCCC4)[C@@H](OC(=O)[C@@H](N)C(C)C)[C@H]3O)ccc12. The van der Waals surface area contributed by atoms with E-state index in [0.717, 1.165) is 25.7 Å². The molecule has 2 aromatic heterocycles. The van der Waals surface area contributed by atoms with E-state index in [1.807, 2.05) is 0 Å². The second-order valence-corrected chi connectivity index (χ2v) is 11.0. The molecule has 1 saturated heterocycles. The zero-order valence-corrected chi connectivity index (χ0v) is 23.2. The lowest BCUT2D eigenvalue weighted by Gasteiger charge is -2.25. The average Bonchev–Trinajstić information content (AvgIpc) is 3.48. The number of fused-ring (bicyclic) bond motifs is 1. The second kappa shape index (κ2) is 12.3. The summed E-state index contributed by atoms with van der Waals surface area (Å²) in [5, 5.41) is 29.2. The van der Waals surface area contributed by atoms with Crippen LogP contribution in [0.4, 0.5) is 5.82 Å². The lowest BCUT2D eigenvalue weighted by atomic mass is 9.87. The van der Waals surface area contributed by atoms with Crippen LogP contribution in [-0.4, -0.2) is 62.6 Å². The number of allylic oxidation sites excluding steroid dienone is 1. The highest BCUT2D eigenvalue weighted by molar-refractivity contribution is 5.76. The second-order valence-electron chi connectivity index (χ2n) is 11.0. The normalized spacial score (nSPS) is 25.9. The fraction of sp³-hybridized carbons (Fsp3) is 0.607. The molecule has 2 aliphatic rings. The quantitative estimate of drug-likeness (QED) is 0.368. The number of rotatable bonds is 10. The molecule has 0 amide bonds. The first-order valence-electron chi connectivity index (χ1n) is 13.7. The minimum Gasteiger partial charge on any atom is -0.463 e. The van der Waals surface area contributed by atoms with Crippen LogP contribution in [0.25, 0.3) is 5.52 Å². The highest BCUT2D eigenvalue weighted by Gasteiger charge is 2.60. The predicted molar refractivity (Wildman–Crippen MR) is 144 cm³/mol. The molecule has 0 radical (unpaired) electrons. The minimum atomic E-state index is -2.01. The Morgan fingerprint density at radius 3 is 2.73 bits per heavy atom. The van der Waals surface area contributed by atoms with Crippen LogP contribution in [0.15, 0.2) is 30.7 Å². The highest BCUT2D eigenvalue weighted by atomic mass is 16.6. The van der Waals surface area contributed by atoms with Crippen LogP contribution in [0.3, 0.4) is 0 Å². The summed E-state index contributed by atoms with van der Waals surface area (Å²) in [6.07, 6.45) is 2.76. The Morgan fingerprint density at radius 2 is 2.08 bits per heavy atom. The van der Waals surface area contributed by atoms with Crippen molar-refractivity contribution in [1.29, 1.82) is 5.26 Å². The van der Waals surface area contributed by atoms with E-state index < -0.39 is 41.9 Å². The molecule has 12 heteroatoms. The number of nitrogens with zero attached hydrogens (tertiary/aromatic N) is 4. The molecule has 1 aliphatic carbocycles. The van der Waals surface area contributed by atoms with E-state index in [-0.39, 0.29) is 30.6 Å². The van der Waals surface area contributed by atoms with Gasteiger partial charge in [-0.05, 0) is 43.7 Å². The van der Waals surface area contributed by atoms with Gasteiger partial charge in [0.25, 0.3) is 0 Å². The number of aromatic nitrogens is 3. The number of nitriles is 1. The van der Waals surface area contributed by atoms with E-state index in [2.05, 4.69) is 28.0 Å². The molecule has 1 saturated carbocycles. The number of anilines is 1. The third kappa shape index (κ3) is 5.96. The molecule has 0 aromatic carbocycles. The van der Waals surface area contributed by atoms with Crippen molar-refractivity contribution in [1.82, 2.24) is 14.6 Å². The standard InChI is InChI=1S/C28H38N6O6/c1-16(2)23(30)27(37)39-24-20(13-38-22(35)12-18-8-6-5-7-9-18)40-28(14-29,25(24)36)21-11-10-19-26(33-17(3)4)31-15-32-34(19)21/h10-11,15-16,18,20,23-25,36H,3,5-9,12-13,30H2,1-2,4H3,(H,31,32,33)/t20-,23+,24-,25-,28+/m1/s1. The van der Waals surface area contributed by atoms with Gasteiger partial charge in [-0.15, -0.1) is 0 Å². The van der Waals surface area contributed by atoms with Gasteiger partial charge in [0.1, 0.15) is 42.8 Å². The first kappa shape index (κ1) is 29.5. The molecular weight excluding hydrogens is 516 g/mol. The maximum Gasteiger partial charge on any atom is 0.323 e. The van der Waals surface area contributed by atoms with Gasteiger partial charge in [-0.3, -0.25) is 9.59 Å². The van der Waals surface area contributed by atoms with Crippen molar-refractivity contribution in [2.75, 3.05) is 11.9 Å². The van der Waals surface area contributed by atoms with Gasteiger partial charge in [0.2, 0.25) is 5.60 Å². The minimum absolute atomic E-state index is 0.190. The Bertz CT molecular complexity index is 1280. The molecule has 12 nitrogen and oxygen atoms in total. The maximum absolute atomic E-state index is 12.8. The van der Waals surface area contributed by atoms with Crippen molar-refractivity contribution in [2.45, 2.75) is 89.3 Å². The summed E-state index contributed by atoms with van der Waals surface area (Å²) in [5.41, 5.74) is 5.32. The first-order chi connectivity index (χ1) is 19.1. The summed E-state index contributed by atoms with van der Waals surface area (Å²) in [6.45, 7) is 8.81. The summed E-state index contributed by atoms with van der Waals surface area (Å²) in [6, 6.07) is 4.35. The Labute approximate surface area is 233 Å². The van der Waals surface area contributed by atoms with Crippen LogP contribution in [0.1, 0.15) is 65.0 Å². The van der Waals surface area contributed by atoms with E-state index in [9.17, 15) is 20.0 Å². The lowest BCUT2D eigenvalue weighted by molar-refractivity contribution is -0.162. The van der Waals surface area contributed by atoms with Crippen molar-refractivity contribution in [2.24, 2.45) is 17.6 Å². The van der Waals surface area contributed by atoms with Crippen LogP contribution in [-0.2, 0) is 29.4 Å². The molecule has 3 heterocycles. The molecule has 0 bridgehead atoms. The third-order valence-electron chi connectivity index (χ3n) is 7.59. The van der Waals surface area contributed by atoms with Crippen molar-refractivity contribution >= 4 is 23.3 Å². The van der Waals surface area contributed by atoms with E-state index in [0.29, 0.717) is 17.0 Å². The van der Waals surface area contributed by atoms with Gasteiger partial charge in [0.05, 0.1) is 5.69 Å². The molecule has 0 spiro atoms. The molecule has 2 aromatic rings. The van der Waals surface area contributed by atoms with Gasteiger partial charge < -0.3 is 30.4 Å². The fourth-order valence-electron chi connectivity index (χ4n) is 5.30. The van der Waals surface area contributed by atoms with Crippen molar-refractivity contribution in [3.63, 3.8) is 0 Å². The highest BCUT2D eigenvalue weighted by Crippen LogP contribution is 2.42. The van der Waals surface area contributed by atoms with E-state index in [4.69, 9.17) is 19.9 Å². The first-order valence-corrected chi connectivity index (χ1v) is 13.7. The number of esters is 2. The molecule has 4 rings (SSSR count). The molecule has 4 N–H and O–H groups in total. The third-order valence-corrected chi connectivity index (χ3v) is 7.59. The monoisotopic (exact) mass is 554 g/mol. The summed E-state index contributed by atoms with van der Waals surface area (Å²) in [5.74, 6) is -0.690. The number of ether oxygens (including phenoxy) is 3. The zero-order chi connectivity index (χ0) is 29.0. The Morgan fingerprint density at radius 1 is 1.35 bits per heavy atom. The summed E-state index contributed by atoms with van der Waals surface area (Å²) in [7, 11) is 0. The van der Waals surface area contributed by atoms with E-state index in [1.54, 1.807) is 32.9 Å². The number of carbonyl (C=O) groups excluding carboxylic acids is 2. The van der Waals surface area contributed by atoms with Gasteiger partial charge in [-0.25, -0.2) is 9.50 Å². The van der Waals surface area contributed by atoms with Crippen molar-refractivity contribution in [3.05, 3.63) is 36.4 Å². The van der Waals surface area contributed by atoms with Crippen molar-refractivity contribution < 1.29 is 28.9 Å². The lowest BCUT2D eigenvalue weighted by Crippen LogP contribution is -2.46. The van der Waals surface area contributed by atoms with Gasteiger partial charge in [0, 0.05) is 12.1 Å². The van der Waals surface area contributed by atoms with Crippen LogP contribution >= 0.6 is 0 Å². The molecule has 2 fully saturated rings. The number of aliphatic hydroxyl groups is 1. The molecule has 1 aliphatic heterocycles. The Balaban J connectivity index is 1.63. The smallest absolute Gasteiger partial charge is 0.323 e. The number of nitrogens with two attached hydrogens (primary N) is 1. The topological polar surface area (TPSA) is 174 Å². The van der Waals surface area contributed by atoms with Gasteiger partial charge in [0.15, 0.2) is 11.9 Å². The Kier molecular flexibility index (Phi) is 9.08. The number of nitrogens with one attached hydrogen (secondary N) is 1. The number of aliphatic hydroxyl groups excluding tert-OH is 1. The molecule has 216 valence electrons. The molecule has 40 heavy (non-hydrogen) atoms. The molecule has 5 atom stereocenters. The summed E-state index contributed by atoms with van der Waals surface area (Å²) < 4.78 is 18.8. The largest absolute Gasteiger partial charge is 0.463 e. The predicted octanol–water partition coefficient (Wildman–Crippen LogP) is 2.56. The fourth-order valence-corrected chi connectivity index (χ4v) is 5.30. The van der Waals surface area contributed by atoms with E-state index >= 15 is 0 Å². The zero-order valence-electron chi connectivity index (χ0n) is 23.2. The Hall–Kier alpha value is -3.53. The molecule has 0 unspecified atom stereocenters. The summed E-state index contributed by atoms with van der Waals surface area (Å²) in [4.78, 5) is 29.7. The number of carbonyl (C=O) groups is 2. The van der Waals surface area contributed by atoms with Crippen LogP contribution in [0.5, 0.6) is 0 Å². The van der Waals surface area contributed by atoms with Crippen LogP contribution in [0, 0.1) is 23.2 Å². The van der Waals surface area contributed by atoms with Gasteiger partial charge in [-0.2, -0.15) is 10.4 Å². The number of hydrogen-bond donors (Lipinski definition) is 3. The van der Waals surface area contributed by atoms with Crippen LogP contribution < -0.4 is 11.1 Å². The van der Waals surface area contributed by atoms with Gasteiger partial charge in [-0.1, -0.05) is 39.7 Å². The van der Waals surface area contributed by atoms with E-state index in [1.165, 1.54) is 17.3 Å². The average molecular weight is 555 g/mol. The van der Waals surface area contributed by atoms with Gasteiger partial charge >= 0.3 is 11.9 Å². The maximum atomic E-state index is 12.8.